The third kappa shape index (κ3) is 3.19. The van der Waals surface area contributed by atoms with E-state index in [0.29, 0.717) is 0 Å². The molecule has 0 amide bonds. The topological polar surface area (TPSA) is 26.7 Å². The predicted molar refractivity (Wildman–Crippen MR) is 66.6 cm³/mol. The van der Waals surface area contributed by atoms with Crippen LogP contribution in [0.2, 0.25) is 0 Å². The lowest BCUT2D eigenvalue weighted by Gasteiger charge is -2.38. The van der Waals surface area contributed by atoms with Gasteiger partial charge in [0.25, 0.3) is 0 Å². The van der Waals surface area contributed by atoms with Crippen LogP contribution in [0.25, 0.3) is 0 Å². The Balaban J connectivity index is 1.72. The van der Waals surface area contributed by atoms with Crippen LogP contribution in [-0.4, -0.2) is 59.8 Å². The van der Waals surface area contributed by atoms with Gasteiger partial charge in [0.2, 0.25) is 0 Å². The molecule has 0 unspecified atom stereocenters. The Kier molecular flexibility index (Phi) is 4.22. The number of rotatable bonds is 4. The van der Waals surface area contributed by atoms with E-state index in [-0.39, 0.29) is 5.60 Å². The molecule has 16 heavy (non-hydrogen) atoms. The fourth-order valence-electron chi connectivity index (χ4n) is 3.09. The summed E-state index contributed by atoms with van der Waals surface area (Å²) in [5.74, 6) is 0. The lowest BCUT2D eigenvalue weighted by molar-refractivity contribution is -0.00447. The van der Waals surface area contributed by atoms with Crippen LogP contribution in [0, 0.1) is 0 Å². The molecule has 0 spiro atoms. The second-order valence-electron chi connectivity index (χ2n) is 5.55. The minimum atomic E-state index is -0.354. The van der Waals surface area contributed by atoms with Crippen molar-refractivity contribution in [2.45, 2.75) is 44.6 Å². The van der Waals surface area contributed by atoms with E-state index in [9.17, 15) is 5.11 Å². The smallest absolute Gasteiger partial charge is 0.0774 e. The first kappa shape index (κ1) is 12.3. The third-order valence-corrected chi connectivity index (χ3v) is 4.06. The van der Waals surface area contributed by atoms with Gasteiger partial charge in [0.05, 0.1) is 5.60 Å². The normalized spacial score (nSPS) is 27.4. The minimum absolute atomic E-state index is 0.354. The standard InChI is InChI=1S/C13H26N2O/c1-2-7-14-8-10-15(11-9-14)12-13(16)5-3-4-6-13/h16H,2-12H2,1H3. The average Bonchev–Trinajstić information content (AvgIpc) is 2.68. The van der Waals surface area contributed by atoms with E-state index < -0.39 is 0 Å². The molecule has 0 aromatic rings. The second-order valence-corrected chi connectivity index (χ2v) is 5.55. The van der Waals surface area contributed by atoms with E-state index in [2.05, 4.69) is 16.7 Å². The van der Waals surface area contributed by atoms with Crippen molar-refractivity contribution in [1.29, 1.82) is 0 Å². The highest BCUT2D eigenvalue weighted by molar-refractivity contribution is 4.88. The summed E-state index contributed by atoms with van der Waals surface area (Å²) in [5, 5.41) is 10.4. The van der Waals surface area contributed by atoms with E-state index in [0.717, 1.165) is 32.5 Å². The molecular weight excluding hydrogens is 200 g/mol. The van der Waals surface area contributed by atoms with Gasteiger partial charge in [-0.3, -0.25) is 4.90 Å². The van der Waals surface area contributed by atoms with Gasteiger partial charge < -0.3 is 10.0 Å². The molecule has 0 atom stereocenters. The van der Waals surface area contributed by atoms with E-state index >= 15 is 0 Å². The number of piperazine rings is 1. The second kappa shape index (κ2) is 5.48. The quantitative estimate of drug-likeness (QED) is 0.783. The fourth-order valence-corrected chi connectivity index (χ4v) is 3.09. The molecule has 0 aromatic carbocycles. The Bertz CT molecular complexity index is 206. The molecule has 3 nitrogen and oxygen atoms in total. The summed E-state index contributed by atoms with van der Waals surface area (Å²) in [6.07, 6.45) is 5.72. The third-order valence-electron chi connectivity index (χ3n) is 4.06. The first-order chi connectivity index (χ1) is 7.72. The van der Waals surface area contributed by atoms with Gasteiger partial charge in [-0.2, -0.15) is 0 Å². The van der Waals surface area contributed by atoms with Crippen molar-refractivity contribution in [3.05, 3.63) is 0 Å². The maximum atomic E-state index is 10.4. The Morgan fingerprint density at radius 3 is 2.12 bits per heavy atom. The van der Waals surface area contributed by atoms with Crippen molar-refractivity contribution in [3.63, 3.8) is 0 Å². The molecule has 1 saturated heterocycles. The molecule has 1 N–H and O–H groups in total. The van der Waals surface area contributed by atoms with Crippen LogP contribution < -0.4 is 0 Å². The van der Waals surface area contributed by atoms with Crippen molar-refractivity contribution in [2.24, 2.45) is 0 Å². The fraction of sp³-hybridized carbons (Fsp3) is 1.00. The SMILES string of the molecule is CCCN1CCN(CC2(O)CCCC2)CC1. The van der Waals surface area contributed by atoms with E-state index in [1.54, 1.807) is 0 Å². The molecule has 2 rings (SSSR count). The van der Waals surface area contributed by atoms with Crippen molar-refractivity contribution in [3.8, 4) is 0 Å². The monoisotopic (exact) mass is 226 g/mol. The Labute approximate surface area is 99.4 Å². The summed E-state index contributed by atoms with van der Waals surface area (Å²) in [6, 6.07) is 0. The highest BCUT2D eigenvalue weighted by Gasteiger charge is 2.33. The molecule has 3 heteroatoms. The molecule has 0 radical (unpaired) electrons. The summed E-state index contributed by atoms with van der Waals surface area (Å²) >= 11 is 0. The van der Waals surface area contributed by atoms with Crippen molar-refractivity contribution in [2.75, 3.05) is 39.3 Å². The van der Waals surface area contributed by atoms with Crippen LogP contribution in [0.3, 0.4) is 0 Å². The number of nitrogens with zero attached hydrogens (tertiary/aromatic N) is 2. The van der Waals surface area contributed by atoms with Gasteiger partial charge in [0, 0.05) is 32.7 Å². The highest BCUT2D eigenvalue weighted by atomic mass is 16.3. The first-order valence-electron chi connectivity index (χ1n) is 6.89. The Morgan fingerprint density at radius 2 is 1.56 bits per heavy atom. The van der Waals surface area contributed by atoms with E-state index in [4.69, 9.17) is 0 Å². The van der Waals surface area contributed by atoms with Crippen molar-refractivity contribution < 1.29 is 5.11 Å². The molecule has 1 aliphatic heterocycles. The summed E-state index contributed by atoms with van der Waals surface area (Å²) in [7, 11) is 0. The lowest BCUT2D eigenvalue weighted by Crippen LogP contribution is -2.51. The molecule has 1 saturated carbocycles. The average molecular weight is 226 g/mol. The highest BCUT2D eigenvalue weighted by Crippen LogP contribution is 2.30. The summed E-state index contributed by atoms with van der Waals surface area (Å²) in [4.78, 5) is 4.99. The van der Waals surface area contributed by atoms with Gasteiger partial charge in [-0.15, -0.1) is 0 Å². The molecular formula is C13H26N2O. The summed E-state index contributed by atoms with van der Waals surface area (Å²) < 4.78 is 0. The number of hydrogen-bond acceptors (Lipinski definition) is 3. The van der Waals surface area contributed by atoms with Crippen molar-refractivity contribution in [1.82, 2.24) is 9.80 Å². The lowest BCUT2D eigenvalue weighted by atomic mass is 10.0. The van der Waals surface area contributed by atoms with E-state index in [1.165, 1.54) is 38.9 Å². The van der Waals surface area contributed by atoms with Gasteiger partial charge in [-0.1, -0.05) is 19.8 Å². The molecule has 1 heterocycles. The zero-order chi connectivity index (χ0) is 11.4. The van der Waals surface area contributed by atoms with Crippen LogP contribution in [0.4, 0.5) is 0 Å². The molecule has 1 aliphatic carbocycles. The van der Waals surface area contributed by atoms with Gasteiger partial charge in [-0.25, -0.2) is 0 Å². The first-order valence-corrected chi connectivity index (χ1v) is 6.89. The maximum Gasteiger partial charge on any atom is 0.0774 e. The Morgan fingerprint density at radius 1 is 1.00 bits per heavy atom. The maximum absolute atomic E-state index is 10.4. The minimum Gasteiger partial charge on any atom is -0.389 e. The van der Waals surface area contributed by atoms with Gasteiger partial charge in [0.15, 0.2) is 0 Å². The molecule has 0 bridgehead atoms. The van der Waals surface area contributed by atoms with Crippen LogP contribution in [0.5, 0.6) is 0 Å². The predicted octanol–water partition coefficient (Wildman–Crippen LogP) is 1.32. The Hall–Kier alpha value is -0.120. The number of hydrogen-bond donors (Lipinski definition) is 1. The summed E-state index contributed by atoms with van der Waals surface area (Å²) in [5.41, 5.74) is -0.354. The largest absolute Gasteiger partial charge is 0.389 e. The molecule has 2 aliphatic rings. The van der Waals surface area contributed by atoms with Crippen LogP contribution >= 0.6 is 0 Å². The zero-order valence-corrected chi connectivity index (χ0v) is 10.6. The van der Waals surface area contributed by atoms with Crippen LogP contribution in [0.15, 0.2) is 0 Å². The van der Waals surface area contributed by atoms with Gasteiger partial charge >= 0.3 is 0 Å². The van der Waals surface area contributed by atoms with Gasteiger partial charge in [-0.05, 0) is 25.8 Å². The number of aliphatic hydroxyl groups is 1. The zero-order valence-electron chi connectivity index (χ0n) is 10.6. The van der Waals surface area contributed by atoms with Gasteiger partial charge in [0.1, 0.15) is 0 Å². The number of β-amino-alcohol motifs (C(OH)–C–C–N with tert-alkyl or cyclic N) is 1. The van der Waals surface area contributed by atoms with Crippen LogP contribution in [0.1, 0.15) is 39.0 Å². The molecule has 0 aromatic heterocycles. The van der Waals surface area contributed by atoms with E-state index in [1.807, 2.05) is 0 Å². The molecule has 94 valence electrons. The summed E-state index contributed by atoms with van der Waals surface area (Å²) in [6.45, 7) is 9.04. The van der Waals surface area contributed by atoms with Crippen LogP contribution in [-0.2, 0) is 0 Å². The van der Waals surface area contributed by atoms with Crippen molar-refractivity contribution >= 4 is 0 Å². The molecule has 2 fully saturated rings.